The Hall–Kier alpha value is -0.120. The van der Waals surface area contributed by atoms with Gasteiger partial charge in [-0.3, -0.25) is 0 Å². The zero-order chi connectivity index (χ0) is 15.9. The molecule has 1 N–H and O–H groups in total. The number of hydrogen-bond acceptors (Lipinski definition) is 3. The van der Waals surface area contributed by atoms with E-state index >= 15 is 0 Å². The molecule has 0 aromatic rings. The molecule has 0 aromatic heterocycles. The lowest BCUT2D eigenvalue weighted by molar-refractivity contribution is 0.0808. The highest BCUT2D eigenvalue weighted by atomic mass is 16.5. The lowest BCUT2D eigenvalue weighted by Gasteiger charge is -2.43. The maximum absolute atomic E-state index is 5.16. The van der Waals surface area contributed by atoms with Gasteiger partial charge in [0.25, 0.3) is 0 Å². The molecule has 1 aliphatic carbocycles. The summed E-state index contributed by atoms with van der Waals surface area (Å²) in [6.45, 7) is 14.7. The second-order valence-corrected chi connectivity index (χ2v) is 8.59. The molecule has 21 heavy (non-hydrogen) atoms. The monoisotopic (exact) mass is 298 g/mol. The SMILES string of the molecule is COCCNCC1(CN(C)CC(C)(C)C)CCC(C)CC1. The molecule has 1 fully saturated rings. The zero-order valence-corrected chi connectivity index (χ0v) is 15.3. The molecule has 1 rings (SSSR count). The quantitative estimate of drug-likeness (QED) is 0.695. The average molecular weight is 299 g/mol. The number of hydrogen-bond donors (Lipinski definition) is 1. The van der Waals surface area contributed by atoms with E-state index in [-0.39, 0.29) is 0 Å². The van der Waals surface area contributed by atoms with Crippen LogP contribution in [0, 0.1) is 16.7 Å². The molecule has 0 radical (unpaired) electrons. The van der Waals surface area contributed by atoms with E-state index < -0.39 is 0 Å². The van der Waals surface area contributed by atoms with Gasteiger partial charge in [-0.25, -0.2) is 0 Å². The predicted molar refractivity (Wildman–Crippen MR) is 91.8 cm³/mol. The van der Waals surface area contributed by atoms with Crippen molar-refractivity contribution < 1.29 is 4.74 Å². The highest BCUT2D eigenvalue weighted by Crippen LogP contribution is 2.39. The molecule has 0 unspecified atom stereocenters. The Morgan fingerprint density at radius 2 is 1.86 bits per heavy atom. The fourth-order valence-electron chi connectivity index (χ4n) is 3.73. The molecule has 0 bridgehead atoms. The van der Waals surface area contributed by atoms with Crippen LogP contribution in [0.15, 0.2) is 0 Å². The van der Waals surface area contributed by atoms with Crippen molar-refractivity contribution >= 4 is 0 Å². The third-order valence-corrected chi connectivity index (χ3v) is 4.67. The first-order valence-corrected chi connectivity index (χ1v) is 8.65. The number of ether oxygens (including phenoxy) is 1. The minimum absolute atomic E-state index is 0.376. The molecule has 0 saturated heterocycles. The van der Waals surface area contributed by atoms with Crippen LogP contribution in [0.1, 0.15) is 53.4 Å². The molecule has 3 heteroatoms. The summed E-state index contributed by atoms with van der Waals surface area (Å²) in [6, 6.07) is 0. The summed E-state index contributed by atoms with van der Waals surface area (Å²) in [5.41, 5.74) is 0.835. The molecule has 0 heterocycles. The number of methoxy groups -OCH3 is 1. The lowest BCUT2D eigenvalue weighted by atomic mass is 9.70. The summed E-state index contributed by atoms with van der Waals surface area (Å²) in [5, 5.41) is 3.63. The Bertz CT molecular complexity index is 277. The van der Waals surface area contributed by atoms with E-state index in [1.54, 1.807) is 7.11 Å². The van der Waals surface area contributed by atoms with Gasteiger partial charge >= 0.3 is 0 Å². The Labute approximate surface area is 132 Å². The second kappa shape index (κ2) is 8.50. The fourth-order valence-corrected chi connectivity index (χ4v) is 3.73. The normalized spacial score (nSPS) is 27.3. The van der Waals surface area contributed by atoms with Gasteiger partial charge in [-0.05, 0) is 36.6 Å². The van der Waals surface area contributed by atoms with Crippen LogP contribution in [-0.2, 0) is 4.74 Å². The van der Waals surface area contributed by atoms with Crippen LogP contribution >= 0.6 is 0 Å². The minimum atomic E-state index is 0.376. The van der Waals surface area contributed by atoms with Gasteiger partial charge in [0, 0.05) is 33.3 Å². The Balaban J connectivity index is 2.55. The van der Waals surface area contributed by atoms with Crippen LogP contribution in [0.4, 0.5) is 0 Å². The summed E-state index contributed by atoms with van der Waals surface area (Å²) in [6.07, 6.45) is 5.50. The first kappa shape index (κ1) is 18.9. The second-order valence-electron chi connectivity index (χ2n) is 8.59. The minimum Gasteiger partial charge on any atom is -0.383 e. The van der Waals surface area contributed by atoms with Crippen LogP contribution < -0.4 is 5.32 Å². The van der Waals surface area contributed by atoms with Gasteiger partial charge in [-0.15, -0.1) is 0 Å². The molecule has 1 saturated carbocycles. The molecule has 3 nitrogen and oxygen atoms in total. The largest absolute Gasteiger partial charge is 0.383 e. The van der Waals surface area contributed by atoms with Crippen LogP contribution in [0.5, 0.6) is 0 Å². The van der Waals surface area contributed by atoms with Gasteiger partial charge in [0.2, 0.25) is 0 Å². The summed E-state index contributed by atoms with van der Waals surface area (Å²) < 4.78 is 5.16. The van der Waals surface area contributed by atoms with E-state index in [1.165, 1.54) is 38.8 Å². The van der Waals surface area contributed by atoms with Crippen molar-refractivity contribution in [1.82, 2.24) is 10.2 Å². The van der Waals surface area contributed by atoms with Crippen molar-refractivity contribution in [3.05, 3.63) is 0 Å². The van der Waals surface area contributed by atoms with Crippen molar-refractivity contribution in [1.29, 1.82) is 0 Å². The fraction of sp³-hybridized carbons (Fsp3) is 1.00. The highest BCUT2D eigenvalue weighted by molar-refractivity contribution is 4.89. The Morgan fingerprint density at radius 1 is 1.24 bits per heavy atom. The standard InChI is InChI=1S/C18H38N2O/c1-16-7-9-18(10-8-16,13-19-11-12-21-6)15-20(5)14-17(2,3)4/h16,19H,7-15H2,1-6H3. The molecule has 0 aromatic carbocycles. The summed E-state index contributed by atoms with van der Waals surface area (Å²) in [4.78, 5) is 2.55. The molecule has 1 aliphatic rings. The summed E-state index contributed by atoms with van der Waals surface area (Å²) >= 11 is 0. The lowest BCUT2D eigenvalue weighted by Crippen LogP contribution is -2.47. The van der Waals surface area contributed by atoms with Crippen molar-refractivity contribution in [3.63, 3.8) is 0 Å². The highest BCUT2D eigenvalue weighted by Gasteiger charge is 2.35. The third-order valence-electron chi connectivity index (χ3n) is 4.67. The maximum Gasteiger partial charge on any atom is 0.0587 e. The molecule has 0 aliphatic heterocycles. The van der Waals surface area contributed by atoms with Crippen molar-refractivity contribution in [2.75, 3.05) is 46.9 Å². The topological polar surface area (TPSA) is 24.5 Å². The van der Waals surface area contributed by atoms with Crippen LogP contribution in [0.2, 0.25) is 0 Å². The van der Waals surface area contributed by atoms with Gasteiger partial charge in [0.15, 0.2) is 0 Å². The number of nitrogens with one attached hydrogen (secondary N) is 1. The smallest absolute Gasteiger partial charge is 0.0587 e. The van der Waals surface area contributed by atoms with Gasteiger partial charge in [-0.2, -0.15) is 0 Å². The predicted octanol–water partition coefficient (Wildman–Crippen LogP) is 3.40. The molecular formula is C18H38N2O. The van der Waals surface area contributed by atoms with Crippen LogP contribution in [0.25, 0.3) is 0 Å². The van der Waals surface area contributed by atoms with E-state index in [4.69, 9.17) is 4.74 Å². The number of nitrogens with zero attached hydrogens (tertiary/aromatic N) is 1. The van der Waals surface area contributed by atoms with Gasteiger partial charge < -0.3 is 15.0 Å². The van der Waals surface area contributed by atoms with E-state index in [0.29, 0.717) is 10.8 Å². The van der Waals surface area contributed by atoms with E-state index in [9.17, 15) is 0 Å². The van der Waals surface area contributed by atoms with Crippen molar-refractivity contribution in [2.45, 2.75) is 53.4 Å². The summed E-state index contributed by atoms with van der Waals surface area (Å²) in [7, 11) is 4.07. The first-order chi connectivity index (χ1) is 9.76. The molecule has 0 amide bonds. The van der Waals surface area contributed by atoms with Crippen LogP contribution in [-0.4, -0.2) is 51.8 Å². The zero-order valence-electron chi connectivity index (χ0n) is 15.3. The molecular weight excluding hydrogens is 260 g/mol. The van der Waals surface area contributed by atoms with Crippen molar-refractivity contribution in [3.8, 4) is 0 Å². The van der Waals surface area contributed by atoms with E-state index in [0.717, 1.165) is 25.6 Å². The molecule has 126 valence electrons. The Kier molecular flexibility index (Phi) is 7.66. The van der Waals surface area contributed by atoms with E-state index in [1.807, 2.05) is 0 Å². The van der Waals surface area contributed by atoms with Gasteiger partial charge in [-0.1, -0.05) is 40.5 Å². The first-order valence-electron chi connectivity index (χ1n) is 8.65. The van der Waals surface area contributed by atoms with Gasteiger partial charge in [0.05, 0.1) is 6.61 Å². The maximum atomic E-state index is 5.16. The third kappa shape index (κ3) is 7.62. The summed E-state index contributed by atoms with van der Waals surface area (Å²) in [5.74, 6) is 0.907. The van der Waals surface area contributed by atoms with E-state index in [2.05, 4.69) is 45.0 Å². The molecule has 0 atom stereocenters. The van der Waals surface area contributed by atoms with Crippen LogP contribution in [0.3, 0.4) is 0 Å². The van der Waals surface area contributed by atoms with Crippen molar-refractivity contribution in [2.24, 2.45) is 16.7 Å². The Morgan fingerprint density at radius 3 is 2.38 bits per heavy atom. The number of rotatable bonds is 8. The molecule has 0 spiro atoms. The van der Waals surface area contributed by atoms with Gasteiger partial charge in [0.1, 0.15) is 0 Å². The average Bonchev–Trinajstić information content (AvgIpc) is 2.36.